The molecule has 4 nitrogen and oxygen atoms in total. The van der Waals surface area contributed by atoms with Crippen LogP contribution in [0.4, 0.5) is 4.79 Å². The van der Waals surface area contributed by atoms with Crippen molar-refractivity contribution in [3.63, 3.8) is 0 Å². The van der Waals surface area contributed by atoms with Gasteiger partial charge in [-0.25, -0.2) is 4.79 Å². The van der Waals surface area contributed by atoms with Gasteiger partial charge in [0.05, 0.1) is 6.61 Å². The van der Waals surface area contributed by atoms with Crippen LogP contribution in [0.1, 0.15) is 32.8 Å². The molecule has 0 bridgehead atoms. The summed E-state index contributed by atoms with van der Waals surface area (Å²) >= 11 is 5.96. The quantitative estimate of drug-likeness (QED) is 0.821. The van der Waals surface area contributed by atoms with Crippen molar-refractivity contribution in [2.24, 2.45) is 0 Å². The molecular formula is C18H24ClNO3. The number of hydrogen-bond acceptors (Lipinski definition) is 3. The van der Waals surface area contributed by atoms with E-state index in [0.717, 1.165) is 17.6 Å². The lowest BCUT2D eigenvalue weighted by Crippen LogP contribution is -2.41. The van der Waals surface area contributed by atoms with Crippen LogP contribution < -0.4 is 0 Å². The van der Waals surface area contributed by atoms with E-state index in [0.29, 0.717) is 24.7 Å². The van der Waals surface area contributed by atoms with Gasteiger partial charge in [0, 0.05) is 25.2 Å². The Morgan fingerprint density at radius 1 is 1.26 bits per heavy atom. The number of benzene rings is 1. The topological polar surface area (TPSA) is 38.8 Å². The third kappa shape index (κ3) is 4.98. The smallest absolute Gasteiger partial charge is 0.410 e. The summed E-state index contributed by atoms with van der Waals surface area (Å²) in [4.78, 5) is 14.0. The van der Waals surface area contributed by atoms with E-state index in [-0.39, 0.29) is 6.09 Å². The number of nitrogens with zero attached hydrogens (tertiary/aromatic N) is 1. The first-order valence-electron chi connectivity index (χ1n) is 7.74. The standard InChI is InChI=1S/C18H24ClNO3/c1-18(2,3)23-17(21)20-10-9-16(14(11-20)12-22-4)13-5-7-15(19)8-6-13/h5-8H,9-12H2,1-4H3. The number of halogens is 1. The average molecular weight is 338 g/mol. The zero-order chi connectivity index (χ0) is 17.0. The highest BCUT2D eigenvalue weighted by atomic mass is 35.5. The Morgan fingerprint density at radius 3 is 2.48 bits per heavy atom. The molecule has 0 saturated carbocycles. The maximum Gasteiger partial charge on any atom is 0.410 e. The van der Waals surface area contributed by atoms with Crippen LogP contribution in [0.5, 0.6) is 0 Å². The van der Waals surface area contributed by atoms with Crippen molar-refractivity contribution in [1.29, 1.82) is 0 Å². The summed E-state index contributed by atoms with van der Waals surface area (Å²) in [5.41, 5.74) is 2.97. The first-order chi connectivity index (χ1) is 10.8. The van der Waals surface area contributed by atoms with E-state index in [1.165, 1.54) is 5.57 Å². The Hall–Kier alpha value is -1.52. The largest absolute Gasteiger partial charge is 0.444 e. The fourth-order valence-corrected chi connectivity index (χ4v) is 2.74. The summed E-state index contributed by atoms with van der Waals surface area (Å²) in [5.74, 6) is 0. The van der Waals surface area contributed by atoms with E-state index in [9.17, 15) is 4.79 Å². The second-order valence-electron chi connectivity index (χ2n) is 6.67. The summed E-state index contributed by atoms with van der Waals surface area (Å²) in [5, 5.41) is 0.717. The van der Waals surface area contributed by atoms with Crippen molar-refractivity contribution in [3.05, 3.63) is 40.4 Å². The number of ether oxygens (including phenoxy) is 2. The Labute approximate surface area is 143 Å². The molecule has 0 unspecified atom stereocenters. The maximum atomic E-state index is 12.3. The van der Waals surface area contributed by atoms with Crippen LogP contribution >= 0.6 is 11.6 Å². The van der Waals surface area contributed by atoms with Gasteiger partial charge in [0.15, 0.2) is 0 Å². The number of carbonyl (C=O) groups is 1. The highest BCUT2D eigenvalue weighted by Crippen LogP contribution is 2.29. The van der Waals surface area contributed by atoms with E-state index in [1.54, 1.807) is 12.0 Å². The van der Waals surface area contributed by atoms with Gasteiger partial charge in [-0.05, 0) is 56.0 Å². The molecule has 0 aliphatic carbocycles. The van der Waals surface area contributed by atoms with Gasteiger partial charge >= 0.3 is 6.09 Å². The fraction of sp³-hybridized carbons (Fsp3) is 0.500. The molecule has 1 amide bonds. The lowest BCUT2D eigenvalue weighted by Gasteiger charge is -2.32. The molecule has 0 saturated heterocycles. The van der Waals surface area contributed by atoms with Crippen LogP contribution in [0.15, 0.2) is 29.8 Å². The molecule has 2 rings (SSSR count). The third-order valence-electron chi connectivity index (χ3n) is 3.60. The molecule has 1 aromatic rings. The van der Waals surface area contributed by atoms with Gasteiger partial charge in [-0.2, -0.15) is 0 Å². The monoisotopic (exact) mass is 337 g/mol. The molecule has 0 aromatic heterocycles. The zero-order valence-corrected chi connectivity index (χ0v) is 14.9. The Morgan fingerprint density at radius 2 is 1.91 bits per heavy atom. The van der Waals surface area contributed by atoms with E-state index in [1.807, 2.05) is 45.0 Å². The summed E-state index contributed by atoms with van der Waals surface area (Å²) in [6.07, 6.45) is 0.501. The predicted molar refractivity (Wildman–Crippen MR) is 92.7 cm³/mol. The van der Waals surface area contributed by atoms with Crippen molar-refractivity contribution in [2.45, 2.75) is 32.8 Å². The fourth-order valence-electron chi connectivity index (χ4n) is 2.62. The second kappa shape index (κ2) is 7.37. The van der Waals surface area contributed by atoms with E-state index in [2.05, 4.69) is 0 Å². The molecule has 0 radical (unpaired) electrons. The first-order valence-corrected chi connectivity index (χ1v) is 8.11. The summed E-state index contributed by atoms with van der Waals surface area (Å²) in [6, 6.07) is 7.79. The number of rotatable bonds is 3. The van der Waals surface area contributed by atoms with E-state index in [4.69, 9.17) is 21.1 Å². The number of methoxy groups -OCH3 is 1. The van der Waals surface area contributed by atoms with Crippen LogP contribution in [-0.4, -0.2) is 43.4 Å². The molecule has 23 heavy (non-hydrogen) atoms. The Balaban J connectivity index is 2.20. The average Bonchev–Trinajstić information content (AvgIpc) is 2.47. The van der Waals surface area contributed by atoms with Crippen molar-refractivity contribution >= 4 is 23.3 Å². The molecular weight excluding hydrogens is 314 g/mol. The molecule has 0 fully saturated rings. The molecule has 1 aliphatic heterocycles. The van der Waals surface area contributed by atoms with Gasteiger partial charge in [0.25, 0.3) is 0 Å². The maximum absolute atomic E-state index is 12.3. The number of amides is 1. The molecule has 0 spiro atoms. The molecule has 1 heterocycles. The SMILES string of the molecule is COCC1=C(c2ccc(Cl)cc2)CCN(C(=O)OC(C)(C)C)C1. The summed E-state index contributed by atoms with van der Waals surface area (Å²) in [6.45, 7) is 7.29. The summed E-state index contributed by atoms with van der Waals surface area (Å²) in [7, 11) is 1.67. The van der Waals surface area contributed by atoms with Gasteiger partial charge in [-0.1, -0.05) is 23.7 Å². The third-order valence-corrected chi connectivity index (χ3v) is 3.86. The molecule has 1 aromatic carbocycles. The van der Waals surface area contributed by atoms with Gasteiger partial charge in [0.1, 0.15) is 5.60 Å². The van der Waals surface area contributed by atoms with Crippen molar-refractivity contribution in [1.82, 2.24) is 4.90 Å². The molecule has 5 heteroatoms. The van der Waals surface area contributed by atoms with Crippen LogP contribution in [0.25, 0.3) is 5.57 Å². The van der Waals surface area contributed by atoms with Crippen molar-refractivity contribution in [3.8, 4) is 0 Å². The minimum Gasteiger partial charge on any atom is -0.444 e. The molecule has 126 valence electrons. The van der Waals surface area contributed by atoms with E-state index < -0.39 is 5.60 Å². The Bertz CT molecular complexity index is 587. The zero-order valence-electron chi connectivity index (χ0n) is 14.2. The lowest BCUT2D eigenvalue weighted by atomic mass is 9.94. The normalized spacial score (nSPS) is 15.8. The highest BCUT2D eigenvalue weighted by molar-refractivity contribution is 6.30. The summed E-state index contributed by atoms with van der Waals surface area (Å²) < 4.78 is 10.8. The first kappa shape index (κ1) is 17.8. The van der Waals surface area contributed by atoms with Crippen molar-refractivity contribution < 1.29 is 14.3 Å². The lowest BCUT2D eigenvalue weighted by molar-refractivity contribution is 0.0258. The van der Waals surface area contributed by atoms with Crippen LogP contribution in [0.2, 0.25) is 5.02 Å². The van der Waals surface area contributed by atoms with Gasteiger partial charge in [-0.3, -0.25) is 0 Å². The Kier molecular flexibility index (Phi) is 5.71. The van der Waals surface area contributed by atoms with Crippen LogP contribution in [-0.2, 0) is 9.47 Å². The minimum atomic E-state index is -0.487. The van der Waals surface area contributed by atoms with Gasteiger partial charge < -0.3 is 14.4 Å². The number of hydrogen-bond donors (Lipinski definition) is 0. The predicted octanol–water partition coefficient (Wildman–Crippen LogP) is 4.38. The van der Waals surface area contributed by atoms with Crippen LogP contribution in [0, 0.1) is 0 Å². The van der Waals surface area contributed by atoms with E-state index >= 15 is 0 Å². The highest BCUT2D eigenvalue weighted by Gasteiger charge is 2.27. The number of carbonyl (C=O) groups excluding carboxylic acids is 1. The minimum absolute atomic E-state index is 0.277. The molecule has 0 atom stereocenters. The molecule has 0 N–H and O–H groups in total. The van der Waals surface area contributed by atoms with Gasteiger partial charge in [0.2, 0.25) is 0 Å². The van der Waals surface area contributed by atoms with Crippen molar-refractivity contribution in [2.75, 3.05) is 26.8 Å². The molecule has 1 aliphatic rings. The van der Waals surface area contributed by atoms with Crippen LogP contribution in [0.3, 0.4) is 0 Å². The van der Waals surface area contributed by atoms with Gasteiger partial charge in [-0.15, -0.1) is 0 Å². The second-order valence-corrected chi connectivity index (χ2v) is 7.11.